The molecule has 1 rings (SSSR count). The summed E-state index contributed by atoms with van der Waals surface area (Å²) < 4.78 is 0. The lowest BCUT2D eigenvalue weighted by Gasteiger charge is -2.16. The van der Waals surface area contributed by atoms with Gasteiger partial charge in [-0.25, -0.2) is 0 Å². The maximum atomic E-state index is 8.90. The first-order valence-electron chi connectivity index (χ1n) is 4.17. The Bertz CT molecular complexity index is 281. The van der Waals surface area contributed by atoms with Crippen molar-refractivity contribution in [1.82, 2.24) is 4.98 Å². The van der Waals surface area contributed by atoms with Crippen molar-refractivity contribution in [2.45, 2.75) is 6.92 Å². The van der Waals surface area contributed by atoms with Crippen LogP contribution in [0.1, 0.15) is 6.92 Å². The molecule has 5 heteroatoms. The monoisotopic (exact) mass is 180 g/mol. The maximum Gasteiger partial charge on any atom is 0.490 e. The summed E-state index contributed by atoms with van der Waals surface area (Å²) in [6.07, 6.45) is 3.13. The zero-order valence-electron chi connectivity index (χ0n) is 7.81. The van der Waals surface area contributed by atoms with Crippen molar-refractivity contribution in [2.75, 3.05) is 18.5 Å². The third-order valence-corrected chi connectivity index (χ3v) is 1.96. The van der Waals surface area contributed by atoms with Crippen LogP contribution >= 0.6 is 0 Å². The number of nitrogens with zero attached hydrogens (tertiary/aromatic N) is 2. The third-order valence-electron chi connectivity index (χ3n) is 1.96. The summed E-state index contributed by atoms with van der Waals surface area (Å²) in [7, 11) is 0.475. The van der Waals surface area contributed by atoms with Crippen LogP contribution in [0.15, 0.2) is 18.5 Å². The summed E-state index contributed by atoms with van der Waals surface area (Å²) in [6, 6.07) is 1.71. The molecule has 0 saturated carbocycles. The van der Waals surface area contributed by atoms with Crippen LogP contribution in [0, 0.1) is 0 Å². The average molecular weight is 180 g/mol. The van der Waals surface area contributed by atoms with Gasteiger partial charge in [0.25, 0.3) is 0 Å². The molecule has 0 spiro atoms. The fourth-order valence-corrected chi connectivity index (χ4v) is 0.978. The highest BCUT2D eigenvalue weighted by molar-refractivity contribution is 6.58. The Morgan fingerprint density at radius 1 is 1.46 bits per heavy atom. The van der Waals surface area contributed by atoms with E-state index in [1.54, 1.807) is 12.3 Å². The van der Waals surface area contributed by atoms with Crippen LogP contribution in [0.5, 0.6) is 0 Å². The first-order valence-corrected chi connectivity index (χ1v) is 4.17. The van der Waals surface area contributed by atoms with Crippen molar-refractivity contribution < 1.29 is 10.0 Å². The molecule has 0 atom stereocenters. The molecule has 0 aliphatic rings. The maximum absolute atomic E-state index is 8.90. The van der Waals surface area contributed by atoms with Crippen molar-refractivity contribution in [3.8, 4) is 0 Å². The number of anilines is 1. The minimum atomic E-state index is -1.45. The van der Waals surface area contributed by atoms with Gasteiger partial charge in [-0.15, -0.1) is 0 Å². The van der Waals surface area contributed by atoms with Gasteiger partial charge in [0.15, 0.2) is 0 Å². The standard InChI is InChI=1S/C8H13BN2O2/c1-3-11(2)8-4-7(9(12)13)5-10-6-8/h4-6,12-13H,3H2,1-2H3. The molecule has 1 aromatic rings. The highest BCUT2D eigenvalue weighted by atomic mass is 16.4. The molecule has 0 aromatic carbocycles. The molecule has 1 aromatic heterocycles. The molecule has 0 bridgehead atoms. The average Bonchev–Trinajstić information content (AvgIpc) is 2.17. The van der Waals surface area contributed by atoms with E-state index < -0.39 is 7.12 Å². The van der Waals surface area contributed by atoms with Crippen LogP contribution in [-0.2, 0) is 0 Å². The van der Waals surface area contributed by atoms with Crippen LogP contribution in [0.4, 0.5) is 5.69 Å². The Hall–Kier alpha value is -1.07. The SMILES string of the molecule is CCN(C)c1cncc(B(O)O)c1. The summed E-state index contributed by atoms with van der Waals surface area (Å²) in [5.74, 6) is 0. The molecule has 0 unspecified atom stereocenters. The fraction of sp³-hybridized carbons (Fsp3) is 0.375. The lowest BCUT2D eigenvalue weighted by atomic mass is 9.81. The number of pyridine rings is 1. The van der Waals surface area contributed by atoms with Crippen molar-refractivity contribution in [3.63, 3.8) is 0 Å². The third kappa shape index (κ3) is 2.43. The lowest BCUT2D eigenvalue weighted by Crippen LogP contribution is -2.31. The second-order valence-corrected chi connectivity index (χ2v) is 2.86. The van der Waals surface area contributed by atoms with Gasteiger partial charge in [-0.1, -0.05) is 0 Å². The summed E-state index contributed by atoms with van der Waals surface area (Å²) in [5, 5.41) is 17.8. The van der Waals surface area contributed by atoms with E-state index in [0.29, 0.717) is 5.46 Å². The van der Waals surface area contributed by atoms with Gasteiger partial charge in [0.2, 0.25) is 0 Å². The van der Waals surface area contributed by atoms with E-state index >= 15 is 0 Å². The first kappa shape index (κ1) is 10.0. The first-order chi connectivity index (χ1) is 6.15. The minimum Gasteiger partial charge on any atom is -0.423 e. The molecule has 1 heterocycles. The van der Waals surface area contributed by atoms with Crippen molar-refractivity contribution >= 4 is 18.3 Å². The molecule has 4 nitrogen and oxygen atoms in total. The Kier molecular flexibility index (Phi) is 3.28. The lowest BCUT2D eigenvalue weighted by molar-refractivity contribution is 0.425. The van der Waals surface area contributed by atoms with Gasteiger partial charge in [-0.2, -0.15) is 0 Å². The molecule has 0 fully saturated rings. The van der Waals surface area contributed by atoms with Crippen molar-refractivity contribution in [1.29, 1.82) is 0 Å². The highest BCUT2D eigenvalue weighted by Gasteiger charge is 2.12. The van der Waals surface area contributed by atoms with Crippen molar-refractivity contribution in [3.05, 3.63) is 18.5 Å². The number of rotatable bonds is 3. The summed E-state index contributed by atoms with van der Waals surface area (Å²) in [6.45, 7) is 2.87. The van der Waals surface area contributed by atoms with Gasteiger partial charge in [-0.05, 0) is 13.0 Å². The minimum absolute atomic E-state index is 0.415. The predicted molar refractivity (Wildman–Crippen MR) is 53.0 cm³/mol. The number of hydrogen-bond acceptors (Lipinski definition) is 4. The topological polar surface area (TPSA) is 56.6 Å². The zero-order valence-corrected chi connectivity index (χ0v) is 7.81. The van der Waals surface area contributed by atoms with Crippen LogP contribution in [0.25, 0.3) is 0 Å². The number of hydrogen-bond donors (Lipinski definition) is 2. The second kappa shape index (κ2) is 4.25. The van der Waals surface area contributed by atoms with Crippen LogP contribution in [0.3, 0.4) is 0 Å². The molecular formula is C8H13BN2O2. The Balaban J connectivity index is 2.91. The Labute approximate surface area is 78.0 Å². The summed E-state index contributed by atoms with van der Waals surface area (Å²) in [4.78, 5) is 5.88. The van der Waals surface area contributed by atoms with E-state index in [2.05, 4.69) is 4.98 Å². The van der Waals surface area contributed by atoms with Gasteiger partial charge >= 0.3 is 7.12 Å². The van der Waals surface area contributed by atoms with Gasteiger partial charge in [0.1, 0.15) is 0 Å². The molecule has 0 aliphatic carbocycles. The second-order valence-electron chi connectivity index (χ2n) is 2.86. The van der Waals surface area contributed by atoms with E-state index in [9.17, 15) is 0 Å². The van der Waals surface area contributed by atoms with E-state index in [4.69, 9.17) is 10.0 Å². The molecule has 0 aliphatic heterocycles. The van der Waals surface area contributed by atoms with E-state index in [1.165, 1.54) is 6.20 Å². The van der Waals surface area contributed by atoms with E-state index in [1.807, 2.05) is 18.9 Å². The molecule has 70 valence electrons. The molecule has 0 radical (unpaired) electrons. The van der Waals surface area contributed by atoms with Gasteiger partial charge in [0.05, 0.1) is 11.9 Å². The van der Waals surface area contributed by atoms with Gasteiger partial charge in [0, 0.05) is 25.3 Å². The van der Waals surface area contributed by atoms with Crippen molar-refractivity contribution in [2.24, 2.45) is 0 Å². The number of aromatic nitrogens is 1. The smallest absolute Gasteiger partial charge is 0.423 e. The van der Waals surface area contributed by atoms with Gasteiger partial charge in [-0.3, -0.25) is 4.98 Å². The highest BCUT2D eigenvalue weighted by Crippen LogP contribution is 2.06. The van der Waals surface area contributed by atoms with Crippen LogP contribution in [-0.4, -0.2) is 35.7 Å². The molecule has 0 amide bonds. The largest absolute Gasteiger partial charge is 0.490 e. The van der Waals surface area contributed by atoms with E-state index in [0.717, 1.165) is 12.2 Å². The normalized spacial score (nSPS) is 9.85. The van der Waals surface area contributed by atoms with Crippen LogP contribution in [0.2, 0.25) is 0 Å². The molecule has 0 saturated heterocycles. The summed E-state index contributed by atoms with van der Waals surface area (Å²) >= 11 is 0. The molecular weight excluding hydrogens is 167 g/mol. The van der Waals surface area contributed by atoms with Crippen LogP contribution < -0.4 is 10.4 Å². The zero-order chi connectivity index (χ0) is 9.84. The molecule has 13 heavy (non-hydrogen) atoms. The van der Waals surface area contributed by atoms with E-state index in [-0.39, 0.29) is 0 Å². The van der Waals surface area contributed by atoms with Gasteiger partial charge < -0.3 is 14.9 Å². The summed E-state index contributed by atoms with van der Waals surface area (Å²) in [5.41, 5.74) is 1.30. The predicted octanol–water partition coefficient (Wildman–Crippen LogP) is -0.783. The molecule has 2 N–H and O–H groups in total. The Morgan fingerprint density at radius 3 is 2.69 bits per heavy atom. The fourth-order valence-electron chi connectivity index (χ4n) is 0.978. The quantitative estimate of drug-likeness (QED) is 0.599. The Morgan fingerprint density at radius 2 is 2.15 bits per heavy atom.